The lowest BCUT2D eigenvalue weighted by molar-refractivity contribution is -0.137. The first-order valence-electron chi connectivity index (χ1n) is 8.86. The molecule has 1 aromatic heterocycles. The number of hydrogen-bond donors (Lipinski definition) is 2. The number of amidine groups is 1. The molecule has 1 amide bonds. The molecule has 2 aromatic rings. The molecule has 2 heterocycles. The molecule has 0 radical (unpaired) electrons. The zero-order valence-corrected chi connectivity index (χ0v) is 17.1. The van der Waals surface area contributed by atoms with E-state index in [1.807, 2.05) is 0 Å². The fraction of sp³-hybridized carbons (Fsp3) is 0.316. The molecule has 1 aliphatic rings. The average molecular weight is 460 g/mol. The highest BCUT2D eigenvalue weighted by molar-refractivity contribution is 7.87. The summed E-state index contributed by atoms with van der Waals surface area (Å²) in [6, 6.07) is 2.31. The van der Waals surface area contributed by atoms with Crippen LogP contribution < -0.4 is 11.1 Å². The van der Waals surface area contributed by atoms with Crippen molar-refractivity contribution in [2.75, 3.05) is 11.1 Å². The van der Waals surface area contributed by atoms with E-state index in [0.29, 0.717) is 18.3 Å². The van der Waals surface area contributed by atoms with Crippen LogP contribution in [0.1, 0.15) is 41.5 Å². The van der Waals surface area contributed by atoms with Gasteiger partial charge in [-0.2, -0.15) is 13.2 Å². The van der Waals surface area contributed by atoms with Crippen molar-refractivity contribution in [1.29, 1.82) is 0 Å². The van der Waals surface area contributed by atoms with Gasteiger partial charge in [0.1, 0.15) is 11.5 Å². The van der Waals surface area contributed by atoms with Gasteiger partial charge in [0.2, 0.25) is 0 Å². The van der Waals surface area contributed by atoms with E-state index >= 15 is 0 Å². The molecular formula is C19H17F5N4O2S. The molecule has 2 unspecified atom stereocenters. The lowest BCUT2D eigenvalue weighted by Crippen LogP contribution is -2.47. The van der Waals surface area contributed by atoms with Crippen LogP contribution in [0.3, 0.4) is 0 Å². The van der Waals surface area contributed by atoms with Crippen LogP contribution in [0.2, 0.25) is 0 Å². The van der Waals surface area contributed by atoms with Crippen LogP contribution in [0.15, 0.2) is 35.5 Å². The predicted molar refractivity (Wildman–Crippen MR) is 105 cm³/mol. The number of alkyl halides is 3. The van der Waals surface area contributed by atoms with Gasteiger partial charge in [-0.05, 0) is 32.0 Å². The van der Waals surface area contributed by atoms with Gasteiger partial charge in [-0.3, -0.25) is 19.0 Å². The van der Waals surface area contributed by atoms with E-state index in [2.05, 4.69) is 15.3 Å². The molecule has 1 aliphatic heterocycles. The molecule has 0 spiro atoms. The summed E-state index contributed by atoms with van der Waals surface area (Å²) in [5.74, 6) is -3.55. The Morgan fingerprint density at radius 1 is 1.26 bits per heavy atom. The van der Waals surface area contributed by atoms with Crippen LogP contribution in [0.4, 0.5) is 27.6 Å². The lowest BCUT2D eigenvalue weighted by atomic mass is 10.1. The minimum Gasteiger partial charge on any atom is -0.386 e. The number of rotatable bonds is 3. The van der Waals surface area contributed by atoms with Crippen molar-refractivity contribution in [3.8, 4) is 0 Å². The number of nitrogens with zero attached hydrogens (tertiary/aromatic N) is 2. The SMILES string of the molecule is CC1(C)C(N)=NC(c2cc(NC(=O)c3ccc(C(F)(F)F)cn3)cc(F)c2F)CS1=O. The van der Waals surface area contributed by atoms with Crippen molar-refractivity contribution in [3.05, 3.63) is 58.9 Å². The number of anilines is 1. The van der Waals surface area contributed by atoms with Crippen molar-refractivity contribution >= 4 is 28.2 Å². The van der Waals surface area contributed by atoms with E-state index in [0.717, 1.165) is 12.1 Å². The molecular weight excluding hydrogens is 443 g/mol. The lowest BCUT2D eigenvalue weighted by Gasteiger charge is -2.31. The molecule has 0 aliphatic carbocycles. The summed E-state index contributed by atoms with van der Waals surface area (Å²) in [6.45, 7) is 3.23. The summed E-state index contributed by atoms with van der Waals surface area (Å²) < 4.78 is 77.9. The second-order valence-corrected chi connectivity index (χ2v) is 9.34. The first-order chi connectivity index (χ1) is 14.3. The maximum absolute atomic E-state index is 14.4. The van der Waals surface area contributed by atoms with Crippen LogP contribution in [-0.2, 0) is 17.0 Å². The maximum Gasteiger partial charge on any atom is 0.417 e. The summed E-state index contributed by atoms with van der Waals surface area (Å²) >= 11 is 0. The number of nitrogens with one attached hydrogen (secondary N) is 1. The molecule has 0 saturated carbocycles. The molecule has 6 nitrogen and oxygen atoms in total. The molecule has 31 heavy (non-hydrogen) atoms. The standard InChI is InChI=1S/C19H17F5N4O2S/c1-18(2)17(25)28-14(8-31(18)30)11-5-10(6-12(20)15(11)21)27-16(29)13-4-3-9(7-26-13)19(22,23)24/h3-7,14H,8H2,1-2H3,(H2,25,28)(H,27,29). The molecule has 2 atom stereocenters. The summed E-state index contributed by atoms with van der Waals surface area (Å²) in [4.78, 5) is 19.9. The van der Waals surface area contributed by atoms with Crippen molar-refractivity contribution in [2.24, 2.45) is 10.7 Å². The Hall–Kier alpha value is -2.89. The van der Waals surface area contributed by atoms with E-state index in [9.17, 15) is 31.0 Å². The third-order valence-electron chi connectivity index (χ3n) is 4.79. The summed E-state index contributed by atoms with van der Waals surface area (Å²) in [6.07, 6.45) is -4.13. The first-order valence-corrected chi connectivity index (χ1v) is 10.2. The van der Waals surface area contributed by atoms with Crippen molar-refractivity contribution in [3.63, 3.8) is 0 Å². The van der Waals surface area contributed by atoms with Gasteiger partial charge in [0.15, 0.2) is 11.6 Å². The fourth-order valence-electron chi connectivity index (χ4n) is 2.80. The largest absolute Gasteiger partial charge is 0.417 e. The summed E-state index contributed by atoms with van der Waals surface area (Å²) in [7, 11) is -1.52. The minimum absolute atomic E-state index is 0.0188. The van der Waals surface area contributed by atoms with Crippen LogP contribution in [0.5, 0.6) is 0 Å². The molecule has 3 rings (SSSR count). The van der Waals surface area contributed by atoms with E-state index in [4.69, 9.17) is 5.73 Å². The van der Waals surface area contributed by atoms with Gasteiger partial charge >= 0.3 is 6.18 Å². The van der Waals surface area contributed by atoms with E-state index in [1.54, 1.807) is 13.8 Å². The quantitative estimate of drug-likeness (QED) is 0.685. The maximum atomic E-state index is 14.4. The topological polar surface area (TPSA) is 97.4 Å². The highest BCUT2D eigenvalue weighted by Crippen LogP contribution is 2.33. The first kappa shape index (κ1) is 22.8. The molecule has 12 heteroatoms. The van der Waals surface area contributed by atoms with Crippen LogP contribution in [0, 0.1) is 11.6 Å². The minimum atomic E-state index is -4.62. The summed E-state index contributed by atoms with van der Waals surface area (Å²) in [5, 5.41) is 2.26. The molecule has 1 aromatic carbocycles. The zero-order valence-electron chi connectivity index (χ0n) is 16.3. The molecule has 0 fully saturated rings. The number of aromatic nitrogens is 1. The predicted octanol–water partition coefficient (Wildman–Crippen LogP) is 3.57. The third-order valence-corrected chi connectivity index (χ3v) is 6.75. The Bertz CT molecular complexity index is 1080. The number of hydrogen-bond acceptors (Lipinski definition) is 5. The van der Waals surface area contributed by atoms with Crippen molar-refractivity contribution in [1.82, 2.24) is 4.98 Å². The fourth-order valence-corrected chi connectivity index (χ4v) is 4.05. The zero-order chi connectivity index (χ0) is 23.1. The summed E-state index contributed by atoms with van der Waals surface area (Å²) in [5.41, 5.74) is 4.00. The molecule has 0 saturated heterocycles. The third kappa shape index (κ3) is 4.58. The van der Waals surface area contributed by atoms with Gasteiger partial charge < -0.3 is 11.1 Å². The molecule has 166 valence electrons. The highest BCUT2D eigenvalue weighted by atomic mass is 32.2. The Morgan fingerprint density at radius 3 is 2.48 bits per heavy atom. The number of amides is 1. The molecule has 0 bridgehead atoms. The molecule has 3 N–H and O–H groups in total. The van der Waals surface area contributed by atoms with Crippen LogP contribution in [0.25, 0.3) is 0 Å². The van der Waals surface area contributed by atoms with Gasteiger partial charge in [0, 0.05) is 34.3 Å². The number of carbonyl (C=O) groups is 1. The van der Waals surface area contributed by atoms with E-state index < -0.39 is 50.9 Å². The second kappa shape index (κ2) is 7.98. The van der Waals surface area contributed by atoms with Crippen molar-refractivity contribution in [2.45, 2.75) is 30.8 Å². The van der Waals surface area contributed by atoms with Gasteiger partial charge in [-0.1, -0.05) is 0 Å². The second-order valence-electron chi connectivity index (χ2n) is 7.30. The number of pyridine rings is 1. The smallest absolute Gasteiger partial charge is 0.386 e. The normalized spacial score (nSPS) is 20.8. The number of nitrogens with two attached hydrogens (primary N) is 1. The Balaban J connectivity index is 1.89. The van der Waals surface area contributed by atoms with Gasteiger partial charge in [-0.25, -0.2) is 8.78 Å². The number of aliphatic imine (C=N–C) groups is 1. The van der Waals surface area contributed by atoms with Gasteiger partial charge in [0.25, 0.3) is 5.91 Å². The van der Waals surface area contributed by atoms with E-state index in [1.165, 1.54) is 0 Å². The van der Waals surface area contributed by atoms with Gasteiger partial charge in [0.05, 0.1) is 22.1 Å². The number of carbonyl (C=O) groups excluding carboxylic acids is 1. The van der Waals surface area contributed by atoms with Crippen molar-refractivity contribution < 1.29 is 31.0 Å². The Morgan fingerprint density at radius 2 is 1.94 bits per heavy atom. The average Bonchev–Trinajstić information content (AvgIpc) is 2.68. The highest BCUT2D eigenvalue weighted by Gasteiger charge is 2.38. The van der Waals surface area contributed by atoms with Crippen LogP contribution in [-0.4, -0.2) is 31.4 Å². The van der Waals surface area contributed by atoms with Crippen LogP contribution >= 0.6 is 0 Å². The monoisotopic (exact) mass is 460 g/mol. The number of benzene rings is 1. The Labute approximate surface area is 176 Å². The van der Waals surface area contributed by atoms with Gasteiger partial charge in [-0.15, -0.1) is 0 Å². The van der Waals surface area contributed by atoms with E-state index in [-0.39, 0.29) is 28.5 Å². The Kier molecular flexibility index (Phi) is 5.87. The number of halogens is 5.